The van der Waals surface area contributed by atoms with E-state index in [-0.39, 0.29) is 18.0 Å². The maximum atomic E-state index is 11.6. The minimum absolute atomic E-state index is 0.0552. The molecule has 4 rings (SSSR count). The number of nitrogens with one attached hydrogen (secondary N) is 2. The third-order valence-corrected chi connectivity index (χ3v) is 5.56. The van der Waals surface area contributed by atoms with Crippen LogP contribution in [0.1, 0.15) is 38.5 Å². The van der Waals surface area contributed by atoms with Crippen molar-refractivity contribution in [2.24, 2.45) is 17.8 Å². The van der Waals surface area contributed by atoms with Gasteiger partial charge in [0.1, 0.15) is 0 Å². The topological polar surface area (TPSA) is 44.4 Å². The lowest BCUT2D eigenvalue weighted by Crippen LogP contribution is -2.61. The second-order valence-electron chi connectivity index (χ2n) is 7.29. The van der Waals surface area contributed by atoms with Gasteiger partial charge >= 0.3 is 0 Å². The Morgan fingerprint density at radius 1 is 1.15 bits per heavy atom. The summed E-state index contributed by atoms with van der Waals surface area (Å²) in [6.45, 7) is 0.283. The Kier molecular flexibility index (Phi) is 3.65. The third kappa shape index (κ3) is 2.78. The van der Waals surface area contributed by atoms with Crippen LogP contribution in [0.5, 0.6) is 0 Å². The van der Waals surface area contributed by atoms with Crippen molar-refractivity contribution >= 4 is 23.2 Å². The molecule has 0 aromatic carbocycles. The van der Waals surface area contributed by atoms with Gasteiger partial charge in [-0.1, -0.05) is 0 Å². The first kappa shape index (κ1) is 14.1. The number of rotatable bonds is 3. The van der Waals surface area contributed by atoms with Crippen LogP contribution >= 0.6 is 12.2 Å². The number of nitrogens with zero attached hydrogens (tertiary/aromatic N) is 1. The largest absolute Gasteiger partial charge is 0.357 e. The molecule has 112 valence electrons. The second-order valence-corrected chi connectivity index (χ2v) is 7.70. The molecular weight excluding hydrogens is 270 g/mol. The van der Waals surface area contributed by atoms with Gasteiger partial charge in [-0.05, 0) is 68.5 Å². The fourth-order valence-electron chi connectivity index (χ4n) is 4.86. The Morgan fingerprint density at radius 3 is 2.10 bits per heavy atom. The molecule has 0 atom stereocenters. The van der Waals surface area contributed by atoms with Crippen molar-refractivity contribution in [1.82, 2.24) is 15.5 Å². The first-order valence-corrected chi connectivity index (χ1v) is 8.13. The van der Waals surface area contributed by atoms with Gasteiger partial charge in [0.2, 0.25) is 5.91 Å². The molecule has 0 spiro atoms. The molecule has 5 heteroatoms. The number of amides is 1. The van der Waals surface area contributed by atoms with Crippen LogP contribution in [0.4, 0.5) is 0 Å². The minimum atomic E-state index is 0.0552. The quantitative estimate of drug-likeness (QED) is 0.775. The molecule has 2 N–H and O–H groups in total. The minimum Gasteiger partial charge on any atom is -0.357 e. The fourth-order valence-corrected chi connectivity index (χ4v) is 5.15. The summed E-state index contributed by atoms with van der Waals surface area (Å²) in [7, 11) is 3.53. The van der Waals surface area contributed by atoms with E-state index in [9.17, 15) is 4.79 Å². The standard InChI is InChI=1S/C15H25N3OS/c1-18(2)13(19)9-16-14(20)17-15-6-10-3-11(7-15)5-12(4-10)8-15/h10-12H,3-9H2,1-2H3,(H2,16,17,20). The Balaban J connectivity index is 1.55. The monoisotopic (exact) mass is 295 g/mol. The summed E-state index contributed by atoms with van der Waals surface area (Å²) in [4.78, 5) is 13.2. The lowest BCUT2D eigenvalue weighted by Gasteiger charge is -2.57. The highest BCUT2D eigenvalue weighted by atomic mass is 32.1. The maximum Gasteiger partial charge on any atom is 0.241 e. The fraction of sp³-hybridized carbons (Fsp3) is 0.867. The van der Waals surface area contributed by atoms with Gasteiger partial charge in [-0.3, -0.25) is 4.79 Å². The zero-order valence-electron chi connectivity index (χ0n) is 12.4. The number of carbonyl (C=O) groups is 1. The predicted octanol–water partition coefficient (Wildman–Crippen LogP) is 1.51. The van der Waals surface area contributed by atoms with Crippen molar-refractivity contribution in [2.45, 2.75) is 44.1 Å². The van der Waals surface area contributed by atoms with Crippen molar-refractivity contribution in [2.75, 3.05) is 20.6 Å². The molecule has 4 aliphatic rings. The number of hydrogen-bond donors (Lipinski definition) is 2. The van der Waals surface area contributed by atoms with Gasteiger partial charge in [-0.15, -0.1) is 0 Å². The lowest BCUT2D eigenvalue weighted by atomic mass is 9.53. The molecule has 0 aromatic heterocycles. The summed E-state index contributed by atoms with van der Waals surface area (Å²) >= 11 is 5.40. The molecule has 0 aromatic rings. The van der Waals surface area contributed by atoms with Crippen LogP contribution < -0.4 is 10.6 Å². The van der Waals surface area contributed by atoms with Crippen molar-refractivity contribution in [1.29, 1.82) is 0 Å². The molecule has 4 fully saturated rings. The SMILES string of the molecule is CN(C)C(=O)CNC(=S)NC12CC3CC(CC(C3)C1)C2. The number of likely N-dealkylation sites (N-methyl/N-ethyl adjacent to an activating group) is 1. The van der Waals surface area contributed by atoms with Crippen LogP contribution in [-0.4, -0.2) is 42.1 Å². The van der Waals surface area contributed by atoms with Crippen molar-refractivity contribution in [3.63, 3.8) is 0 Å². The summed E-state index contributed by atoms with van der Waals surface area (Å²) in [6, 6.07) is 0. The highest BCUT2D eigenvalue weighted by molar-refractivity contribution is 7.80. The van der Waals surface area contributed by atoms with E-state index in [4.69, 9.17) is 12.2 Å². The van der Waals surface area contributed by atoms with E-state index in [1.165, 1.54) is 38.5 Å². The smallest absolute Gasteiger partial charge is 0.241 e. The van der Waals surface area contributed by atoms with Crippen LogP contribution in [0.25, 0.3) is 0 Å². The van der Waals surface area contributed by atoms with E-state index in [1.54, 1.807) is 19.0 Å². The van der Waals surface area contributed by atoms with Crippen LogP contribution in [-0.2, 0) is 4.79 Å². The highest BCUT2D eigenvalue weighted by Gasteiger charge is 2.51. The molecule has 0 unspecified atom stereocenters. The molecule has 4 aliphatic carbocycles. The van der Waals surface area contributed by atoms with Crippen molar-refractivity contribution in [3.05, 3.63) is 0 Å². The molecule has 20 heavy (non-hydrogen) atoms. The van der Waals surface area contributed by atoms with E-state index in [2.05, 4.69) is 10.6 Å². The molecule has 1 amide bonds. The van der Waals surface area contributed by atoms with Crippen LogP contribution in [0.3, 0.4) is 0 Å². The molecule has 0 aliphatic heterocycles. The van der Waals surface area contributed by atoms with E-state index >= 15 is 0 Å². The van der Waals surface area contributed by atoms with E-state index < -0.39 is 0 Å². The van der Waals surface area contributed by atoms with Crippen LogP contribution in [0, 0.1) is 17.8 Å². The zero-order valence-corrected chi connectivity index (χ0v) is 13.3. The number of thiocarbonyl (C=S) groups is 1. The van der Waals surface area contributed by atoms with Gasteiger partial charge in [-0.25, -0.2) is 0 Å². The van der Waals surface area contributed by atoms with Gasteiger partial charge in [0, 0.05) is 19.6 Å². The van der Waals surface area contributed by atoms with Crippen molar-refractivity contribution in [3.8, 4) is 0 Å². The van der Waals surface area contributed by atoms with Gasteiger partial charge in [0.15, 0.2) is 5.11 Å². The zero-order chi connectivity index (χ0) is 14.3. The molecule has 4 saturated carbocycles. The third-order valence-electron chi connectivity index (χ3n) is 5.32. The van der Waals surface area contributed by atoms with Gasteiger partial charge < -0.3 is 15.5 Å². The summed E-state index contributed by atoms with van der Waals surface area (Å²) in [5.74, 6) is 2.76. The van der Waals surface area contributed by atoms with E-state index in [1.807, 2.05) is 0 Å². The van der Waals surface area contributed by atoms with E-state index in [0.717, 1.165) is 17.8 Å². The Morgan fingerprint density at radius 2 is 1.65 bits per heavy atom. The molecule has 4 bridgehead atoms. The van der Waals surface area contributed by atoms with Gasteiger partial charge in [-0.2, -0.15) is 0 Å². The predicted molar refractivity (Wildman–Crippen MR) is 83.3 cm³/mol. The normalized spacial score (nSPS) is 37.6. The van der Waals surface area contributed by atoms with Gasteiger partial charge in [0.05, 0.1) is 6.54 Å². The summed E-state index contributed by atoms with van der Waals surface area (Å²) in [5.41, 5.74) is 0.222. The first-order chi connectivity index (χ1) is 9.46. The average molecular weight is 295 g/mol. The van der Waals surface area contributed by atoms with E-state index in [0.29, 0.717) is 5.11 Å². The summed E-state index contributed by atoms with van der Waals surface area (Å²) in [6.07, 6.45) is 8.09. The maximum absolute atomic E-state index is 11.6. The summed E-state index contributed by atoms with van der Waals surface area (Å²) in [5, 5.41) is 7.29. The molecule has 0 heterocycles. The Labute approximate surface area is 126 Å². The molecule has 4 nitrogen and oxygen atoms in total. The number of carbonyl (C=O) groups excluding carboxylic acids is 1. The number of hydrogen-bond acceptors (Lipinski definition) is 2. The second kappa shape index (κ2) is 5.17. The molecule has 0 saturated heterocycles. The lowest BCUT2D eigenvalue weighted by molar-refractivity contribution is -0.127. The highest BCUT2D eigenvalue weighted by Crippen LogP contribution is 2.55. The summed E-state index contributed by atoms with van der Waals surface area (Å²) < 4.78 is 0. The van der Waals surface area contributed by atoms with Gasteiger partial charge in [0.25, 0.3) is 0 Å². The van der Waals surface area contributed by atoms with Crippen LogP contribution in [0.15, 0.2) is 0 Å². The van der Waals surface area contributed by atoms with Crippen molar-refractivity contribution < 1.29 is 4.79 Å². The Hall–Kier alpha value is -0.840. The van der Waals surface area contributed by atoms with Crippen LogP contribution in [0.2, 0.25) is 0 Å². The average Bonchev–Trinajstić information content (AvgIpc) is 2.33. The molecular formula is C15H25N3OS. The Bertz CT molecular complexity index is 386. The molecule has 0 radical (unpaired) electrons. The first-order valence-electron chi connectivity index (χ1n) is 7.72.